The molecule has 0 amide bonds. The summed E-state index contributed by atoms with van der Waals surface area (Å²) in [4.78, 5) is 15.6. The van der Waals surface area contributed by atoms with E-state index in [1.54, 1.807) is 6.08 Å². The van der Waals surface area contributed by atoms with E-state index in [0.29, 0.717) is 19.8 Å². The Morgan fingerprint density at radius 2 is 1.43 bits per heavy atom. The molecule has 4 atom stereocenters. The lowest BCUT2D eigenvalue weighted by atomic mass is 9.82. The summed E-state index contributed by atoms with van der Waals surface area (Å²) in [6, 6.07) is 30.9. The van der Waals surface area contributed by atoms with Gasteiger partial charge in [-0.1, -0.05) is 111 Å². The van der Waals surface area contributed by atoms with E-state index < -0.39 is 0 Å². The molecule has 1 heterocycles. The number of carbonyl (C=O) groups is 1. The number of nitrogens with zero attached hydrogens (tertiary/aromatic N) is 1. The topological polar surface area (TPSA) is 38.8 Å². The van der Waals surface area contributed by atoms with Crippen molar-refractivity contribution in [1.82, 2.24) is 4.90 Å². The van der Waals surface area contributed by atoms with Crippen molar-refractivity contribution >= 4 is 5.78 Å². The summed E-state index contributed by atoms with van der Waals surface area (Å²) in [7, 11) is 0. The Labute approximate surface area is 221 Å². The number of ketones is 1. The van der Waals surface area contributed by atoms with Crippen molar-refractivity contribution in [2.45, 2.75) is 64.5 Å². The van der Waals surface area contributed by atoms with Crippen molar-refractivity contribution in [1.29, 1.82) is 0 Å². The first-order valence-corrected chi connectivity index (χ1v) is 13.5. The Kier molecular flexibility index (Phi) is 10.1. The Bertz CT molecular complexity index is 1100. The molecule has 37 heavy (non-hydrogen) atoms. The third kappa shape index (κ3) is 7.41. The van der Waals surface area contributed by atoms with Gasteiger partial charge in [0.15, 0.2) is 5.78 Å². The van der Waals surface area contributed by atoms with Crippen LogP contribution in [0.3, 0.4) is 0 Å². The van der Waals surface area contributed by atoms with Crippen LogP contribution in [0.4, 0.5) is 0 Å². The predicted octanol–water partition coefficient (Wildman–Crippen LogP) is 7.12. The van der Waals surface area contributed by atoms with Crippen LogP contribution in [-0.2, 0) is 27.5 Å². The van der Waals surface area contributed by atoms with Gasteiger partial charge in [-0.05, 0) is 36.1 Å². The van der Waals surface area contributed by atoms with Crippen LogP contribution in [-0.4, -0.2) is 29.4 Å². The second-order valence-corrected chi connectivity index (χ2v) is 9.83. The Balaban J connectivity index is 1.62. The van der Waals surface area contributed by atoms with E-state index in [0.717, 1.165) is 30.4 Å². The Morgan fingerprint density at radius 1 is 0.838 bits per heavy atom. The van der Waals surface area contributed by atoms with Crippen LogP contribution in [0.1, 0.15) is 55.8 Å². The fourth-order valence-corrected chi connectivity index (χ4v) is 5.13. The number of rotatable bonds is 13. The zero-order chi connectivity index (χ0) is 25.9. The van der Waals surface area contributed by atoms with Gasteiger partial charge in [0.25, 0.3) is 0 Å². The molecule has 0 saturated heterocycles. The smallest absolute Gasteiger partial charge is 0.162 e. The molecular formula is C33H39NO3. The Morgan fingerprint density at radius 3 is 2.05 bits per heavy atom. The fourth-order valence-electron chi connectivity index (χ4n) is 5.13. The molecule has 0 unspecified atom stereocenters. The number of hydrogen-bond acceptors (Lipinski definition) is 4. The molecule has 3 aromatic carbocycles. The van der Waals surface area contributed by atoms with E-state index in [2.05, 4.69) is 67.3 Å². The van der Waals surface area contributed by atoms with Crippen LogP contribution < -0.4 is 0 Å². The molecule has 0 fully saturated rings. The van der Waals surface area contributed by atoms with Crippen LogP contribution in [0.5, 0.6) is 0 Å². The third-order valence-corrected chi connectivity index (χ3v) is 7.21. The Hall–Kier alpha value is -3.21. The van der Waals surface area contributed by atoms with Gasteiger partial charge >= 0.3 is 0 Å². The number of ether oxygens (including phenoxy) is 2. The van der Waals surface area contributed by atoms with E-state index in [1.165, 1.54) is 5.56 Å². The maximum atomic E-state index is 13.3. The number of benzene rings is 3. The van der Waals surface area contributed by atoms with Crippen LogP contribution in [0, 0.1) is 5.92 Å². The SMILES string of the molecule is CCCC[C@@H]1C(=O)C=CN([C@@H](C)c2ccccc2)[C@H]1[C@@H](COCc1ccccc1)OCc1ccccc1. The number of allylic oxidation sites excluding steroid dienone is 1. The van der Waals surface area contributed by atoms with E-state index >= 15 is 0 Å². The van der Waals surface area contributed by atoms with Gasteiger partial charge in [-0.15, -0.1) is 0 Å². The van der Waals surface area contributed by atoms with Crippen molar-refractivity contribution in [2.24, 2.45) is 5.92 Å². The fraction of sp³-hybridized carbons (Fsp3) is 0.364. The molecular weight excluding hydrogens is 458 g/mol. The lowest BCUT2D eigenvalue weighted by Crippen LogP contribution is -2.53. The number of hydrogen-bond donors (Lipinski definition) is 0. The van der Waals surface area contributed by atoms with Gasteiger partial charge in [-0.2, -0.15) is 0 Å². The van der Waals surface area contributed by atoms with Gasteiger partial charge in [0, 0.05) is 12.1 Å². The zero-order valence-electron chi connectivity index (χ0n) is 22.0. The van der Waals surface area contributed by atoms with E-state index in [4.69, 9.17) is 9.47 Å². The summed E-state index contributed by atoms with van der Waals surface area (Å²) in [6.07, 6.45) is 6.36. The molecule has 0 saturated carbocycles. The normalized spacial score (nSPS) is 19.1. The molecule has 4 heteroatoms. The highest BCUT2D eigenvalue weighted by molar-refractivity contribution is 5.93. The standard InChI is InChI=1S/C33H39NO3/c1-3-4-20-30-31(35)21-22-34(26(2)29-18-12-7-13-19-29)33(30)32(37-24-28-16-10-6-11-17-28)25-36-23-27-14-8-5-9-15-27/h5-19,21-22,26,30,32-33H,3-4,20,23-25H2,1-2H3/t26-,30+,32+,33+/m0/s1. The van der Waals surface area contributed by atoms with Gasteiger partial charge in [-0.25, -0.2) is 0 Å². The van der Waals surface area contributed by atoms with E-state index in [1.807, 2.05) is 48.7 Å². The average Bonchev–Trinajstić information content (AvgIpc) is 2.95. The molecule has 4 nitrogen and oxygen atoms in total. The lowest BCUT2D eigenvalue weighted by Gasteiger charge is -2.45. The molecule has 1 aliphatic rings. The molecule has 0 radical (unpaired) electrons. The van der Waals surface area contributed by atoms with Crippen molar-refractivity contribution in [3.8, 4) is 0 Å². The van der Waals surface area contributed by atoms with Gasteiger partial charge in [-0.3, -0.25) is 4.79 Å². The van der Waals surface area contributed by atoms with Crippen molar-refractivity contribution < 1.29 is 14.3 Å². The largest absolute Gasteiger partial charge is 0.374 e. The molecule has 3 aromatic rings. The lowest BCUT2D eigenvalue weighted by molar-refractivity contribution is -0.130. The summed E-state index contributed by atoms with van der Waals surface area (Å²) in [5.74, 6) is 0.0449. The molecule has 1 aliphatic heterocycles. The molecule has 0 N–H and O–H groups in total. The van der Waals surface area contributed by atoms with Crippen LogP contribution in [0.25, 0.3) is 0 Å². The summed E-state index contributed by atoms with van der Waals surface area (Å²) >= 11 is 0. The van der Waals surface area contributed by atoms with Gasteiger partial charge < -0.3 is 14.4 Å². The molecule has 194 valence electrons. The minimum absolute atomic E-state index is 0.0941. The molecule has 0 bridgehead atoms. The van der Waals surface area contributed by atoms with Gasteiger partial charge in [0.2, 0.25) is 0 Å². The molecule has 0 aliphatic carbocycles. The van der Waals surface area contributed by atoms with Crippen molar-refractivity contribution in [3.05, 3.63) is 120 Å². The van der Waals surface area contributed by atoms with Gasteiger partial charge in [0.1, 0.15) is 6.10 Å². The monoisotopic (exact) mass is 497 g/mol. The van der Waals surface area contributed by atoms with E-state index in [9.17, 15) is 4.79 Å². The highest BCUT2D eigenvalue weighted by atomic mass is 16.5. The average molecular weight is 498 g/mol. The van der Waals surface area contributed by atoms with Crippen LogP contribution in [0.2, 0.25) is 0 Å². The van der Waals surface area contributed by atoms with Crippen LogP contribution in [0.15, 0.2) is 103 Å². The minimum atomic E-state index is -0.272. The highest BCUT2D eigenvalue weighted by Crippen LogP contribution is 2.35. The second kappa shape index (κ2) is 13.9. The van der Waals surface area contributed by atoms with E-state index in [-0.39, 0.29) is 29.9 Å². The van der Waals surface area contributed by atoms with Crippen molar-refractivity contribution in [3.63, 3.8) is 0 Å². The molecule has 0 spiro atoms. The maximum Gasteiger partial charge on any atom is 0.162 e. The number of carbonyl (C=O) groups excluding carboxylic acids is 1. The first kappa shape index (κ1) is 26.8. The number of unbranched alkanes of at least 4 members (excludes halogenated alkanes) is 1. The van der Waals surface area contributed by atoms with Gasteiger partial charge in [0.05, 0.1) is 31.9 Å². The third-order valence-electron chi connectivity index (χ3n) is 7.21. The van der Waals surface area contributed by atoms with Crippen molar-refractivity contribution in [2.75, 3.05) is 6.61 Å². The summed E-state index contributed by atoms with van der Waals surface area (Å²) in [6.45, 7) is 5.78. The first-order chi connectivity index (χ1) is 18.2. The highest BCUT2D eigenvalue weighted by Gasteiger charge is 2.41. The quantitative estimate of drug-likeness (QED) is 0.252. The summed E-state index contributed by atoms with van der Waals surface area (Å²) in [5, 5.41) is 0. The summed E-state index contributed by atoms with van der Waals surface area (Å²) in [5.41, 5.74) is 3.45. The second-order valence-electron chi connectivity index (χ2n) is 9.83. The van der Waals surface area contributed by atoms with Crippen LogP contribution >= 0.6 is 0 Å². The molecule has 0 aromatic heterocycles. The zero-order valence-corrected chi connectivity index (χ0v) is 22.0. The first-order valence-electron chi connectivity index (χ1n) is 13.5. The maximum absolute atomic E-state index is 13.3. The molecule has 4 rings (SSSR count). The minimum Gasteiger partial charge on any atom is -0.374 e. The summed E-state index contributed by atoms with van der Waals surface area (Å²) < 4.78 is 12.9. The predicted molar refractivity (Wildman–Crippen MR) is 149 cm³/mol.